The van der Waals surface area contributed by atoms with E-state index in [-0.39, 0.29) is 5.28 Å². The molecule has 0 aromatic carbocycles. The molecule has 2 aromatic rings. The third kappa shape index (κ3) is 2.34. The fraction of sp³-hybridized carbons (Fsp3) is 0.143. The molecule has 2 aromatic heterocycles. The highest BCUT2D eigenvalue weighted by atomic mass is 127. The van der Waals surface area contributed by atoms with Gasteiger partial charge in [-0.05, 0) is 34.2 Å². The van der Waals surface area contributed by atoms with Crippen LogP contribution in [0.5, 0.6) is 0 Å². The van der Waals surface area contributed by atoms with Crippen molar-refractivity contribution >= 4 is 40.1 Å². The molecular formula is C7H6ClIN6. The Bertz CT molecular complexity index is 484. The van der Waals surface area contributed by atoms with Crippen molar-refractivity contribution < 1.29 is 0 Å². The Labute approximate surface area is 104 Å². The van der Waals surface area contributed by atoms with Gasteiger partial charge in [0.25, 0.3) is 5.95 Å². The van der Waals surface area contributed by atoms with Crippen molar-refractivity contribution in [2.75, 3.05) is 12.4 Å². The highest BCUT2D eigenvalue weighted by Crippen LogP contribution is 2.10. The first-order valence-corrected chi connectivity index (χ1v) is 5.44. The summed E-state index contributed by atoms with van der Waals surface area (Å²) in [5.41, 5.74) is 0. The summed E-state index contributed by atoms with van der Waals surface area (Å²) in [5, 5.41) is 7.00. The predicted molar refractivity (Wildman–Crippen MR) is 64.2 cm³/mol. The topological polar surface area (TPSA) is 68.5 Å². The van der Waals surface area contributed by atoms with Gasteiger partial charge < -0.3 is 5.32 Å². The maximum atomic E-state index is 5.74. The number of rotatable bonds is 2. The van der Waals surface area contributed by atoms with Crippen LogP contribution in [-0.4, -0.2) is 31.8 Å². The first kappa shape index (κ1) is 10.6. The van der Waals surface area contributed by atoms with E-state index in [1.54, 1.807) is 19.4 Å². The Kier molecular flexibility index (Phi) is 3.00. The second kappa shape index (κ2) is 4.27. The zero-order valence-electron chi connectivity index (χ0n) is 7.65. The van der Waals surface area contributed by atoms with E-state index in [0.29, 0.717) is 11.9 Å². The second-order valence-electron chi connectivity index (χ2n) is 2.58. The largest absolute Gasteiger partial charge is 0.357 e. The van der Waals surface area contributed by atoms with Gasteiger partial charge in [-0.3, -0.25) is 0 Å². The van der Waals surface area contributed by atoms with E-state index in [4.69, 9.17) is 11.6 Å². The summed E-state index contributed by atoms with van der Waals surface area (Å²) in [5.74, 6) is 0.803. The molecule has 0 aliphatic heterocycles. The first-order chi connectivity index (χ1) is 7.19. The SMILES string of the molecule is CNc1nc(Cl)nc(-n2cc(I)cn2)n1. The van der Waals surface area contributed by atoms with Gasteiger partial charge in [-0.25, -0.2) is 4.68 Å². The molecule has 0 aliphatic carbocycles. The summed E-state index contributed by atoms with van der Waals surface area (Å²) >= 11 is 7.89. The van der Waals surface area contributed by atoms with Gasteiger partial charge in [-0.2, -0.15) is 20.1 Å². The molecule has 8 heteroatoms. The molecule has 6 nitrogen and oxygen atoms in total. The quantitative estimate of drug-likeness (QED) is 0.839. The molecule has 0 saturated heterocycles. The normalized spacial score (nSPS) is 10.3. The molecule has 0 radical (unpaired) electrons. The van der Waals surface area contributed by atoms with Crippen LogP contribution >= 0.6 is 34.2 Å². The summed E-state index contributed by atoms with van der Waals surface area (Å²) in [7, 11) is 1.71. The average Bonchev–Trinajstić information content (AvgIpc) is 2.64. The monoisotopic (exact) mass is 336 g/mol. The van der Waals surface area contributed by atoms with E-state index >= 15 is 0 Å². The van der Waals surface area contributed by atoms with Crippen molar-refractivity contribution in [1.82, 2.24) is 24.7 Å². The lowest BCUT2D eigenvalue weighted by molar-refractivity contribution is 0.797. The van der Waals surface area contributed by atoms with E-state index in [0.717, 1.165) is 3.57 Å². The van der Waals surface area contributed by atoms with Gasteiger partial charge in [0.15, 0.2) is 0 Å². The Morgan fingerprint density at radius 2 is 2.20 bits per heavy atom. The van der Waals surface area contributed by atoms with Gasteiger partial charge in [0.2, 0.25) is 11.2 Å². The molecule has 0 unspecified atom stereocenters. The molecule has 0 fully saturated rings. The number of aromatic nitrogens is 5. The van der Waals surface area contributed by atoms with Gasteiger partial charge in [-0.1, -0.05) is 0 Å². The van der Waals surface area contributed by atoms with Crippen molar-refractivity contribution in [1.29, 1.82) is 0 Å². The molecule has 0 atom stereocenters. The highest BCUT2D eigenvalue weighted by molar-refractivity contribution is 14.1. The second-order valence-corrected chi connectivity index (χ2v) is 4.16. The number of nitrogens with one attached hydrogen (secondary N) is 1. The van der Waals surface area contributed by atoms with E-state index in [9.17, 15) is 0 Å². The fourth-order valence-electron chi connectivity index (χ4n) is 0.964. The first-order valence-electron chi connectivity index (χ1n) is 3.99. The number of anilines is 1. The van der Waals surface area contributed by atoms with Gasteiger partial charge in [-0.15, -0.1) is 0 Å². The lowest BCUT2D eigenvalue weighted by atomic mass is 10.7. The van der Waals surface area contributed by atoms with Crippen molar-refractivity contribution in [2.45, 2.75) is 0 Å². The molecular weight excluding hydrogens is 330 g/mol. The predicted octanol–water partition coefficient (Wildman–Crippen LogP) is 1.36. The van der Waals surface area contributed by atoms with Gasteiger partial charge in [0.05, 0.1) is 9.77 Å². The van der Waals surface area contributed by atoms with Crippen LogP contribution in [0, 0.1) is 3.57 Å². The number of nitrogens with zero attached hydrogens (tertiary/aromatic N) is 5. The number of hydrogen-bond acceptors (Lipinski definition) is 5. The molecule has 0 spiro atoms. The molecule has 2 rings (SSSR count). The van der Waals surface area contributed by atoms with Crippen LogP contribution in [0.4, 0.5) is 5.95 Å². The van der Waals surface area contributed by atoms with Crippen LogP contribution < -0.4 is 5.32 Å². The minimum absolute atomic E-state index is 0.134. The molecule has 0 amide bonds. The van der Waals surface area contributed by atoms with Crippen LogP contribution in [0.3, 0.4) is 0 Å². The van der Waals surface area contributed by atoms with Crippen molar-refractivity contribution in [3.8, 4) is 5.95 Å². The van der Waals surface area contributed by atoms with E-state index in [2.05, 4.69) is 48.0 Å². The molecule has 2 heterocycles. The molecule has 0 saturated carbocycles. The smallest absolute Gasteiger partial charge is 0.256 e. The van der Waals surface area contributed by atoms with Gasteiger partial charge in [0.1, 0.15) is 0 Å². The van der Waals surface area contributed by atoms with E-state index in [1.807, 2.05) is 0 Å². The Morgan fingerprint density at radius 1 is 1.40 bits per heavy atom. The number of hydrogen-bond donors (Lipinski definition) is 1. The van der Waals surface area contributed by atoms with Crippen LogP contribution in [0.25, 0.3) is 5.95 Å². The fourth-order valence-corrected chi connectivity index (χ4v) is 1.51. The lowest BCUT2D eigenvalue weighted by Crippen LogP contribution is -2.06. The summed E-state index contributed by atoms with van der Waals surface area (Å²) in [6.45, 7) is 0. The Balaban J connectivity index is 2.48. The van der Waals surface area contributed by atoms with E-state index < -0.39 is 0 Å². The minimum atomic E-state index is 0.134. The zero-order chi connectivity index (χ0) is 10.8. The molecule has 1 N–H and O–H groups in total. The van der Waals surface area contributed by atoms with Crippen LogP contribution in [0.15, 0.2) is 12.4 Å². The van der Waals surface area contributed by atoms with E-state index in [1.165, 1.54) is 4.68 Å². The van der Waals surface area contributed by atoms with Crippen molar-refractivity contribution in [3.63, 3.8) is 0 Å². The lowest BCUT2D eigenvalue weighted by Gasteiger charge is -2.02. The maximum Gasteiger partial charge on any atom is 0.256 e. The summed E-state index contributed by atoms with van der Waals surface area (Å²) < 4.78 is 2.53. The van der Waals surface area contributed by atoms with Crippen molar-refractivity contribution in [2.24, 2.45) is 0 Å². The molecule has 0 bridgehead atoms. The van der Waals surface area contributed by atoms with Gasteiger partial charge >= 0.3 is 0 Å². The Hall–Kier alpha value is -0.960. The molecule has 0 aliphatic rings. The third-order valence-corrected chi connectivity index (χ3v) is 2.30. The summed E-state index contributed by atoms with van der Waals surface area (Å²) in [4.78, 5) is 12.0. The van der Waals surface area contributed by atoms with Crippen LogP contribution in [0.1, 0.15) is 0 Å². The highest BCUT2D eigenvalue weighted by Gasteiger charge is 2.06. The average molecular weight is 337 g/mol. The summed E-state index contributed by atoms with van der Waals surface area (Å²) in [6.07, 6.45) is 3.50. The van der Waals surface area contributed by atoms with Crippen molar-refractivity contribution in [3.05, 3.63) is 21.2 Å². The number of halogens is 2. The zero-order valence-corrected chi connectivity index (χ0v) is 10.6. The summed E-state index contributed by atoms with van der Waals surface area (Å²) in [6, 6.07) is 0. The molecule has 15 heavy (non-hydrogen) atoms. The standard InChI is InChI=1S/C7H6ClIN6/c1-10-6-12-5(8)13-7(14-6)15-3-4(9)2-11-15/h2-3H,1H3,(H,10,12,13,14). The molecule has 78 valence electrons. The van der Waals surface area contributed by atoms with Gasteiger partial charge in [0, 0.05) is 13.2 Å². The maximum absolute atomic E-state index is 5.74. The Morgan fingerprint density at radius 3 is 2.80 bits per heavy atom. The van der Waals surface area contributed by atoms with Crippen LogP contribution in [-0.2, 0) is 0 Å². The minimum Gasteiger partial charge on any atom is -0.357 e. The third-order valence-electron chi connectivity index (χ3n) is 1.58. The van der Waals surface area contributed by atoms with Crippen LogP contribution in [0.2, 0.25) is 5.28 Å².